The normalized spacial score (nSPS) is 11.6. The van der Waals surface area contributed by atoms with Crippen molar-refractivity contribution in [3.8, 4) is 11.5 Å². The Kier molecular flexibility index (Phi) is 6.34. The van der Waals surface area contributed by atoms with Gasteiger partial charge in [0.2, 0.25) is 0 Å². The highest BCUT2D eigenvalue weighted by atomic mass is 32.2. The van der Waals surface area contributed by atoms with Gasteiger partial charge < -0.3 is 8.92 Å². The number of rotatable bonds is 7. The standard InChI is InChI=1S/C23H23NO4S/c1-4-27-23-15-19(16-24-21-14-17(2)10-11-18(21)3)12-13-22(23)28-29(25,26)20-8-6-5-7-9-20/h5-16H,4H2,1-3H3. The van der Waals surface area contributed by atoms with Crippen molar-refractivity contribution in [3.05, 3.63) is 83.4 Å². The van der Waals surface area contributed by atoms with Crippen LogP contribution in [0.2, 0.25) is 0 Å². The number of aryl methyl sites for hydroxylation is 2. The summed E-state index contributed by atoms with van der Waals surface area (Å²) >= 11 is 0. The molecule has 3 rings (SSSR count). The van der Waals surface area contributed by atoms with Gasteiger partial charge in [-0.25, -0.2) is 0 Å². The van der Waals surface area contributed by atoms with Crippen LogP contribution in [0.1, 0.15) is 23.6 Å². The first-order chi connectivity index (χ1) is 13.9. The topological polar surface area (TPSA) is 65.0 Å². The molecule has 3 aromatic carbocycles. The fraction of sp³-hybridized carbons (Fsp3) is 0.174. The monoisotopic (exact) mass is 409 g/mol. The molecule has 0 bridgehead atoms. The number of hydrogen-bond donors (Lipinski definition) is 0. The molecular weight excluding hydrogens is 386 g/mol. The van der Waals surface area contributed by atoms with E-state index in [1.165, 1.54) is 12.1 Å². The molecule has 0 saturated heterocycles. The molecule has 0 aliphatic carbocycles. The van der Waals surface area contributed by atoms with Crippen molar-refractivity contribution in [1.82, 2.24) is 0 Å². The van der Waals surface area contributed by atoms with E-state index in [9.17, 15) is 8.42 Å². The van der Waals surface area contributed by atoms with E-state index in [-0.39, 0.29) is 10.6 Å². The van der Waals surface area contributed by atoms with Crippen molar-refractivity contribution in [2.24, 2.45) is 4.99 Å². The highest BCUT2D eigenvalue weighted by Crippen LogP contribution is 2.31. The van der Waals surface area contributed by atoms with Gasteiger partial charge in [-0.05, 0) is 73.9 Å². The molecule has 0 radical (unpaired) electrons. The van der Waals surface area contributed by atoms with Gasteiger partial charge in [-0.2, -0.15) is 8.42 Å². The molecule has 0 aliphatic heterocycles. The maximum absolute atomic E-state index is 12.5. The first kappa shape index (κ1) is 20.6. The van der Waals surface area contributed by atoms with Crippen LogP contribution in [0.15, 0.2) is 76.6 Å². The van der Waals surface area contributed by atoms with Crippen molar-refractivity contribution in [2.75, 3.05) is 6.61 Å². The fourth-order valence-corrected chi connectivity index (χ4v) is 3.66. The summed E-state index contributed by atoms with van der Waals surface area (Å²) in [5, 5.41) is 0. The highest BCUT2D eigenvalue weighted by molar-refractivity contribution is 7.87. The zero-order valence-corrected chi connectivity index (χ0v) is 17.4. The Morgan fingerprint density at radius 3 is 2.41 bits per heavy atom. The van der Waals surface area contributed by atoms with E-state index in [0.29, 0.717) is 12.4 Å². The van der Waals surface area contributed by atoms with Gasteiger partial charge in [-0.1, -0.05) is 30.3 Å². The Morgan fingerprint density at radius 2 is 1.69 bits per heavy atom. The van der Waals surface area contributed by atoms with Crippen LogP contribution in [-0.2, 0) is 10.1 Å². The SMILES string of the molecule is CCOc1cc(C=Nc2cc(C)ccc2C)ccc1OS(=O)(=O)c1ccccc1. The Morgan fingerprint density at radius 1 is 0.931 bits per heavy atom. The molecule has 0 spiro atoms. The van der Waals surface area contributed by atoms with Gasteiger partial charge in [0.05, 0.1) is 12.3 Å². The van der Waals surface area contributed by atoms with Gasteiger partial charge in [0.15, 0.2) is 11.5 Å². The summed E-state index contributed by atoms with van der Waals surface area (Å²) < 4.78 is 36.0. The number of ether oxygens (including phenoxy) is 1. The Labute approximate surface area is 171 Å². The number of aliphatic imine (C=N–C) groups is 1. The summed E-state index contributed by atoms with van der Waals surface area (Å²) in [4.78, 5) is 4.64. The van der Waals surface area contributed by atoms with Gasteiger partial charge in [0.25, 0.3) is 0 Å². The van der Waals surface area contributed by atoms with Crippen LogP contribution in [0.4, 0.5) is 5.69 Å². The van der Waals surface area contributed by atoms with E-state index < -0.39 is 10.1 Å². The summed E-state index contributed by atoms with van der Waals surface area (Å²) in [7, 11) is -3.95. The van der Waals surface area contributed by atoms with Crippen molar-refractivity contribution < 1.29 is 17.3 Å². The Balaban J connectivity index is 1.89. The maximum atomic E-state index is 12.5. The average molecular weight is 410 g/mol. The summed E-state index contributed by atoms with van der Waals surface area (Å²) in [5.41, 5.74) is 3.87. The minimum absolute atomic E-state index is 0.0861. The molecule has 0 heterocycles. The first-order valence-electron chi connectivity index (χ1n) is 9.27. The van der Waals surface area contributed by atoms with Crippen LogP contribution in [0.3, 0.4) is 0 Å². The van der Waals surface area contributed by atoms with E-state index in [2.05, 4.69) is 4.99 Å². The molecule has 29 heavy (non-hydrogen) atoms. The first-order valence-corrected chi connectivity index (χ1v) is 10.7. The number of nitrogens with zero attached hydrogens (tertiary/aromatic N) is 1. The third-order valence-electron chi connectivity index (χ3n) is 4.22. The maximum Gasteiger partial charge on any atom is 0.339 e. The van der Waals surface area contributed by atoms with E-state index in [0.717, 1.165) is 22.4 Å². The predicted octanol–water partition coefficient (Wildman–Crippen LogP) is 5.22. The molecular formula is C23H23NO4S. The van der Waals surface area contributed by atoms with Gasteiger partial charge in [-0.3, -0.25) is 4.99 Å². The third-order valence-corrected chi connectivity index (χ3v) is 5.46. The molecule has 0 aliphatic rings. The zero-order chi connectivity index (χ0) is 20.9. The second kappa shape index (κ2) is 8.92. The van der Waals surface area contributed by atoms with Crippen molar-refractivity contribution in [1.29, 1.82) is 0 Å². The minimum atomic E-state index is -3.95. The van der Waals surface area contributed by atoms with Gasteiger partial charge in [0, 0.05) is 6.21 Å². The van der Waals surface area contributed by atoms with Crippen LogP contribution >= 0.6 is 0 Å². The van der Waals surface area contributed by atoms with Crippen LogP contribution in [-0.4, -0.2) is 21.2 Å². The third kappa shape index (κ3) is 5.23. The van der Waals surface area contributed by atoms with Crippen molar-refractivity contribution in [3.63, 3.8) is 0 Å². The second-order valence-corrected chi connectivity index (χ2v) is 8.08. The molecule has 0 aromatic heterocycles. The van der Waals surface area contributed by atoms with Crippen molar-refractivity contribution in [2.45, 2.75) is 25.7 Å². The van der Waals surface area contributed by atoms with Crippen LogP contribution in [0, 0.1) is 13.8 Å². The van der Waals surface area contributed by atoms with Crippen molar-refractivity contribution >= 4 is 22.0 Å². The van der Waals surface area contributed by atoms with E-state index in [1.54, 1.807) is 42.6 Å². The minimum Gasteiger partial charge on any atom is -0.490 e. The van der Waals surface area contributed by atoms with Crippen LogP contribution in [0.25, 0.3) is 0 Å². The molecule has 0 saturated carbocycles. The smallest absolute Gasteiger partial charge is 0.339 e. The molecule has 0 atom stereocenters. The van der Waals surface area contributed by atoms with Gasteiger partial charge in [0.1, 0.15) is 4.90 Å². The average Bonchev–Trinajstić information content (AvgIpc) is 2.71. The summed E-state index contributed by atoms with van der Waals surface area (Å²) in [6.07, 6.45) is 1.72. The fourth-order valence-electron chi connectivity index (χ4n) is 2.70. The molecule has 0 N–H and O–H groups in total. The molecule has 0 amide bonds. The van der Waals surface area contributed by atoms with Gasteiger partial charge in [-0.15, -0.1) is 0 Å². The summed E-state index contributed by atoms with van der Waals surface area (Å²) in [6.45, 7) is 6.22. The summed E-state index contributed by atoms with van der Waals surface area (Å²) in [5.74, 6) is 0.483. The van der Waals surface area contributed by atoms with Crippen LogP contribution < -0.4 is 8.92 Å². The van der Waals surface area contributed by atoms with E-state index in [4.69, 9.17) is 8.92 Å². The van der Waals surface area contributed by atoms with E-state index in [1.807, 2.05) is 39.0 Å². The lowest BCUT2D eigenvalue weighted by atomic mass is 10.1. The van der Waals surface area contributed by atoms with Gasteiger partial charge >= 0.3 is 10.1 Å². The largest absolute Gasteiger partial charge is 0.490 e. The number of benzene rings is 3. The Hall–Kier alpha value is -3.12. The number of hydrogen-bond acceptors (Lipinski definition) is 5. The predicted molar refractivity (Wildman–Crippen MR) is 115 cm³/mol. The second-order valence-electron chi connectivity index (χ2n) is 6.54. The Bertz CT molecular complexity index is 1120. The van der Waals surface area contributed by atoms with E-state index >= 15 is 0 Å². The molecule has 5 nitrogen and oxygen atoms in total. The lowest BCUT2D eigenvalue weighted by molar-refractivity contribution is 0.327. The molecule has 3 aromatic rings. The molecule has 0 unspecified atom stereocenters. The molecule has 0 fully saturated rings. The molecule has 6 heteroatoms. The van der Waals surface area contributed by atoms with Crippen LogP contribution in [0.5, 0.6) is 11.5 Å². The molecule has 150 valence electrons. The zero-order valence-electron chi connectivity index (χ0n) is 16.6. The quantitative estimate of drug-likeness (QED) is 0.396. The summed E-state index contributed by atoms with van der Waals surface area (Å²) in [6, 6.07) is 19.1. The lowest BCUT2D eigenvalue weighted by Crippen LogP contribution is -2.10. The lowest BCUT2D eigenvalue weighted by Gasteiger charge is -2.12. The highest BCUT2D eigenvalue weighted by Gasteiger charge is 2.19.